The Labute approximate surface area is 102 Å². The molecule has 0 aromatic rings. The molecule has 0 aromatic heterocycles. The number of amides is 1. The summed E-state index contributed by atoms with van der Waals surface area (Å²) in [7, 11) is 0. The van der Waals surface area contributed by atoms with Crippen LogP contribution in [0.25, 0.3) is 0 Å². The predicted molar refractivity (Wildman–Crippen MR) is 55.9 cm³/mol. The first-order valence-electron chi connectivity index (χ1n) is 5.51. The van der Waals surface area contributed by atoms with Gasteiger partial charge in [0.15, 0.2) is 0 Å². The van der Waals surface area contributed by atoms with Gasteiger partial charge in [0.25, 0.3) is 0 Å². The number of alkyl halides is 3. The van der Waals surface area contributed by atoms with Gasteiger partial charge in [-0.25, -0.2) is 4.79 Å². The first-order valence-corrected chi connectivity index (χ1v) is 5.51. The summed E-state index contributed by atoms with van der Waals surface area (Å²) >= 11 is 0. The van der Waals surface area contributed by atoms with E-state index in [2.05, 4.69) is 5.32 Å². The van der Waals surface area contributed by atoms with Crippen molar-refractivity contribution >= 4 is 11.9 Å². The zero-order valence-corrected chi connectivity index (χ0v) is 9.80. The SMILES string of the molecule is CC(NC(=O)CC1CCCN1)(C(=O)O)C(F)(F)F. The normalized spacial score (nSPS) is 23.4. The Kier molecular flexibility index (Phi) is 4.20. The summed E-state index contributed by atoms with van der Waals surface area (Å²) in [5.74, 6) is -3.04. The van der Waals surface area contributed by atoms with Crippen molar-refractivity contribution in [1.29, 1.82) is 0 Å². The van der Waals surface area contributed by atoms with Gasteiger partial charge in [0.05, 0.1) is 0 Å². The first-order chi connectivity index (χ1) is 8.17. The molecule has 0 bridgehead atoms. The van der Waals surface area contributed by atoms with Gasteiger partial charge >= 0.3 is 12.1 Å². The van der Waals surface area contributed by atoms with Crippen LogP contribution in [0.3, 0.4) is 0 Å². The molecule has 18 heavy (non-hydrogen) atoms. The maximum Gasteiger partial charge on any atom is 0.422 e. The van der Waals surface area contributed by atoms with Gasteiger partial charge in [-0.15, -0.1) is 0 Å². The summed E-state index contributed by atoms with van der Waals surface area (Å²) in [4.78, 5) is 22.1. The van der Waals surface area contributed by atoms with Crippen LogP contribution >= 0.6 is 0 Å². The molecule has 104 valence electrons. The van der Waals surface area contributed by atoms with E-state index < -0.39 is 23.6 Å². The molecule has 3 N–H and O–H groups in total. The molecule has 0 spiro atoms. The van der Waals surface area contributed by atoms with E-state index in [1.165, 1.54) is 0 Å². The van der Waals surface area contributed by atoms with Crippen LogP contribution in [-0.2, 0) is 9.59 Å². The number of carbonyl (C=O) groups excluding carboxylic acids is 1. The predicted octanol–water partition coefficient (Wildman–Crippen LogP) is 0.650. The van der Waals surface area contributed by atoms with Gasteiger partial charge in [-0.1, -0.05) is 0 Å². The van der Waals surface area contributed by atoms with E-state index in [1.54, 1.807) is 5.32 Å². The second-order valence-corrected chi connectivity index (χ2v) is 4.47. The Morgan fingerprint density at radius 1 is 1.44 bits per heavy atom. The van der Waals surface area contributed by atoms with Gasteiger partial charge in [0.1, 0.15) is 0 Å². The van der Waals surface area contributed by atoms with E-state index in [-0.39, 0.29) is 12.5 Å². The van der Waals surface area contributed by atoms with Crippen LogP contribution in [0.5, 0.6) is 0 Å². The van der Waals surface area contributed by atoms with E-state index in [1.807, 2.05) is 0 Å². The molecule has 0 radical (unpaired) electrons. The lowest BCUT2D eigenvalue weighted by Gasteiger charge is -2.29. The van der Waals surface area contributed by atoms with Gasteiger partial charge in [-0.05, 0) is 26.3 Å². The molecule has 8 heteroatoms. The highest BCUT2D eigenvalue weighted by Crippen LogP contribution is 2.30. The number of halogens is 3. The molecule has 0 aliphatic carbocycles. The van der Waals surface area contributed by atoms with Gasteiger partial charge in [-0.2, -0.15) is 13.2 Å². The lowest BCUT2D eigenvalue weighted by Crippen LogP contribution is -2.62. The van der Waals surface area contributed by atoms with Crippen LogP contribution in [0.1, 0.15) is 26.2 Å². The molecule has 5 nitrogen and oxygen atoms in total. The Balaban J connectivity index is 2.66. The molecule has 1 aliphatic heterocycles. The minimum absolute atomic E-state index is 0.154. The highest BCUT2D eigenvalue weighted by Gasteiger charge is 2.58. The van der Waals surface area contributed by atoms with E-state index in [9.17, 15) is 22.8 Å². The second-order valence-electron chi connectivity index (χ2n) is 4.47. The zero-order chi connectivity index (χ0) is 14.0. The summed E-state index contributed by atoms with van der Waals surface area (Å²) in [5, 5.41) is 13.1. The van der Waals surface area contributed by atoms with E-state index in [4.69, 9.17) is 5.11 Å². The molecule has 1 rings (SSSR count). The Morgan fingerprint density at radius 3 is 2.44 bits per heavy atom. The summed E-state index contributed by atoms with van der Waals surface area (Å²) in [6, 6.07) is -0.184. The molecule has 0 aromatic carbocycles. The van der Waals surface area contributed by atoms with Crippen LogP contribution < -0.4 is 10.6 Å². The lowest BCUT2D eigenvalue weighted by molar-refractivity contribution is -0.207. The fourth-order valence-electron chi connectivity index (χ4n) is 1.73. The average Bonchev–Trinajstić information content (AvgIpc) is 2.67. The number of hydrogen-bond donors (Lipinski definition) is 3. The van der Waals surface area contributed by atoms with Crippen molar-refractivity contribution < 1.29 is 27.9 Å². The van der Waals surface area contributed by atoms with Crippen molar-refractivity contribution in [3.63, 3.8) is 0 Å². The second kappa shape index (κ2) is 5.13. The standard InChI is InChI=1S/C10H15F3N2O3/c1-9(8(17)18,10(11,12)13)15-7(16)5-6-3-2-4-14-6/h6,14H,2-5H2,1H3,(H,15,16)(H,17,18). The van der Waals surface area contributed by atoms with Crippen molar-refractivity contribution in [2.45, 2.75) is 43.9 Å². The van der Waals surface area contributed by atoms with E-state index in [0.717, 1.165) is 6.42 Å². The summed E-state index contributed by atoms with van der Waals surface area (Å²) in [6.45, 7) is 1.16. The molecule has 1 saturated heterocycles. The fourth-order valence-corrected chi connectivity index (χ4v) is 1.73. The Hall–Kier alpha value is -1.31. The van der Waals surface area contributed by atoms with Gasteiger partial charge in [0.2, 0.25) is 11.4 Å². The number of aliphatic carboxylic acids is 1. The van der Waals surface area contributed by atoms with Crippen LogP contribution in [0.4, 0.5) is 13.2 Å². The first kappa shape index (κ1) is 14.7. The molecular formula is C10H15F3N2O3. The number of carbonyl (C=O) groups is 2. The van der Waals surface area contributed by atoms with Crippen molar-refractivity contribution in [1.82, 2.24) is 10.6 Å². The maximum atomic E-state index is 12.6. The lowest BCUT2D eigenvalue weighted by atomic mass is 10.0. The number of carboxylic acids is 1. The summed E-state index contributed by atoms with van der Waals surface area (Å²) in [5.41, 5.74) is -3.25. The highest BCUT2D eigenvalue weighted by molar-refractivity contribution is 5.87. The smallest absolute Gasteiger partial charge is 0.422 e. The van der Waals surface area contributed by atoms with E-state index in [0.29, 0.717) is 19.9 Å². The van der Waals surface area contributed by atoms with Crippen molar-refractivity contribution in [2.75, 3.05) is 6.54 Å². The topological polar surface area (TPSA) is 78.4 Å². The minimum atomic E-state index is -5.04. The Morgan fingerprint density at radius 2 is 2.06 bits per heavy atom. The fraction of sp³-hybridized carbons (Fsp3) is 0.800. The molecule has 0 saturated carbocycles. The average molecular weight is 268 g/mol. The molecule has 2 atom stereocenters. The van der Waals surface area contributed by atoms with Crippen molar-refractivity contribution in [2.24, 2.45) is 0 Å². The van der Waals surface area contributed by atoms with Crippen molar-refractivity contribution in [3.05, 3.63) is 0 Å². The van der Waals surface area contributed by atoms with Crippen LogP contribution in [0, 0.1) is 0 Å². The number of rotatable bonds is 4. The number of hydrogen-bond acceptors (Lipinski definition) is 3. The molecule has 1 amide bonds. The largest absolute Gasteiger partial charge is 0.479 e. The van der Waals surface area contributed by atoms with Crippen molar-refractivity contribution in [3.8, 4) is 0 Å². The molecule has 1 heterocycles. The van der Waals surface area contributed by atoms with Gasteiger partial charge in [0, 0.05) is 12.5 Å². The number of carboxylic acid groups (broad SMARTS) is 1. The maximum absolute atomic E-state index is 12.6. The molecule has 2 unspecified atom stereocenters. The third kappa shape index (κ3) is 3.12. The van der Waals surface area contributed by atoms with Gasteiger partial charge < -0.3 is 15.7 Å². The summed E-state index contributed by atoms with van der Waals surface area (Å²) < 4.78 is 37.9. The highest BCUT2D eigenvalue weighted by atomic mass is 19.4. The van der Waals surface area contributed by atoms with Crippen LogP contribution in [0.15, 0.2) is 0 Å². The minimum Gasteiger partial charge on any atom is -0.479 e. The molecular weight excluding hydrogens is 253 g/mol. The third-order valence-electron chi connectivity index (χ3n) is 2.98. The monoisotopic (exact) mass is 268 g/mol. The molecule has 1 aliphatic rings. The number of nitrogens with one attached hydrogen (secondary N) is 2. The summed E-state index contributed by atoms with van der Waals surface area (Å²) in [6.07, 6.45) is -3.65. The van der Waals surface area contributed by atoms with Crippen LogP contribution in [-0.4, -0.2) is 41.3 Å². The third-order valence-corrected chi connectivity index (χ3v) is 2.98. The van der Waals surface area contributed by atoms with Gasteiger partial charge in [-0.3, -0.25) is 4.79 Å². The quantitative estimate of drug-likeness (QED) is 0.699. The van der Waals surface area contributed by atoms with Crippen LogP contribution in [0.2, 0.25) is 0 Å². The molecule has 1 fully saturated rings. The zero-order valence-electron chi connectivity index (χ0n) is 9.80. The van der Waals surface area contributed by atoms with E-state index >= 15 is 0 Å². The Bertz CT molecular complexity index is 340.